The van der Waals surface area contributed by atoms with Crippen LogP contribution in [0.2, 0.25) is 0 Å². The van der Waals surface area contributed by atoms with Gasteiger partial charge in [0.15, 0.2) is 0 Å². The number of nitrogens with one attached hydrogen (secondary N) is 1. The van der Waals surface area contributed by atoms with Gasteiger partial charge in [-0.3, -0.25) is 0 Å². The third-order valence-electron chi connectivity index (χ3n) is 2.02. The molecule has 0 aliphatic heterocycles. The molecule has 0 spiro atoms. The van der Waals surface area contributed by atoms with E-state index in [1.807, 2.05) is 0 Å². The highest BCUT2D eigenvalue weighted by Gasteiger charge is 2.14. The molecule has 1 heteroatoms. The average molecular weight is 171 g/mol. The van der Waals surface area contributed by atoms with Gasteiger partial charge in [-0.25, -0.2) is 0 Å². The average Bonchev–Trinajstić information content (AvgIpc) is 1.84. The quantitative estimate of drug-likeness (QED) is 0.627. The Bertz CT molecular complexity index is 102. The van der Waals surface area contributed by atoms with E-state index >= 15 is 0 Å². The Labute approximate surface area is 77.9 Å². The van der Waals surface area contributed by atoms with E-state index in [-0.39, 0.29) is 0 Å². The molecule has 0 amide bonds. The van der Waals surface area contributed by atoms with E-state index in [1.54, 1.807) is 0 Å². The van der Waals surface area contributed by atoms with Gasteiger partial charge in [-0.2, -0.15) is 0 Å². The van der Waals surface area contributed by atoms with E-state index in [2.05, 4.69) is 39.9 Å². The molecule has 0 aromatic carbocycles. The van der Waals surface area contributed by atoms with E-state index in [0.29, 0.717) is 5.41 Å². The topological polar surface area (TPSA) is 12.0 Å². The van der Waals surface area contributed by atoms with Gasteiger partial charge in [-0.15, -0.1) is 0 Å². The van der Waals surface area contributed by atoms with Gasteiger partial charge >= 0.3 is 0 Å². The molecular weight excluding hydrogens is 146 g/mol. The summed E-state index contributed by atoms with van der Waals surface area (Å²) >= 11 is 0. The minimum Gasteiger partial charge on any atom is -0.317 e. The molecule has 74 valence electrons. The van der Waals surface area contributed by atoms with Crippen molar-refractivity contribution < 1.29 is 0 Å². The minimum absolute atomic E-state index is 0.492. The van der Waals surface area contributed by atoms with Crippen LogP contribution in [-0.2, 0) is 0 Å². The van der Waals surface area contributed by atoms with Crippen molar-refractivity contribution in [1.29, 1.82) is 0 Å². The number of rotatable bonds is 5. The molecule has 0 saturated heterocycles. The van der Waals surface area contributed by atoms with Crippen LogP contribution in [0.3, 0.4) is 0 Å². The lowest BCUT2D eigenvalue weighted by Crippen LogP contribution is -2.19. The first-order valence-corrected chi connectivity index (χ1v) is 5.16. The van der Waals surface area contributed by atoms with E-state index in [0.717, 1.165) is 12.5 Å². The van der Waals surface area contributed by atoms with E-state index in [4.69, 9.17) is 0 Å². The van der Waals surface area contributed by atoms with E-state index in [9.17, 15) is 0 Å². The standard InChI is InChI=1S/C11H25N/c1-6-12-8-7-10(2)9-11(3,4)5/h10,12H,6-9H2,1-5H3. The lowest BCUT2D eigenvalue weighted by molar-refractivity contribution is 0.295. The van der Waals surface area contributed by atoms with Crippen LogP contribution in [0.4, 0.5) is 0 Å². The van der Waals surface area contributed by atoms with E-state index in [1.165, 1.54) is 19.4 Å². The fraction of sp³-hybridized carbons (Fsp3) is 1.00. The molecule has 0 aliphatic carbocycles. The Morgan fingerprint density at radius 2 is 1.83 bits per heavy atom. The fourth-order valence-corrected chi connectivity index (χ4v) is 1.67. The van der Waals surface area contributed by atoms with Crippen LogP contribution in [0.15, 0.2) is 0 Å². The molecule has 0 saturated carbocycles. The van der Waals surface area contributed by atoms with Crippen molar-refractivity contribution >= 4 is 0 Å². The van der Waals surface area contributed by atoms with Crippen molar-refractivity contribution in [2.75, 3.05) is 13.1 Å². The maximum Gasteiger partial charge on any atom is -0.00465 e. The maximum absolute atomic E-state index is 3.36. The van der Waals surface area contributed by atoms with Gasteiger partial charge in [0.05, 0.1) is 0 Å². The minimum atomic E-state index is 0.492. The van der Waals surface area contributed by atoms with Crippen LogP contribution in [0.5, 0.6) is 0 Å². The Morgan fingerprint density at radius 1 is 1.25 bits per heavy atom. The van der Waals surface area contributed by atoms with Gasteiger partial charge in [0.2, 0.25) is 0 Å². The summed E-state index contributed by atoms with van der Waals surface area (Å²) < 4.78 is 0. The molecular formula is C11H25N. The lowest BCUT2D eigenvalue weighted by atomic mass is 9.84. The van der Waals surface area contributed by atoms with E-state index < -0.39 is 0 Å². The molecule has 1 atom stereocenters. The Kier molecular flexibility index (Phi) is 5.56. The predicted octanol–water partition coefficient (Wildman–Crippen LogP) is 3.06. The van der Waals surface area contributed by atoms with Gasteiger partial charge < -0.3 is 5.32 Å². The van der Waals surface area contributed by atoms with Crippen LogP contribution in [0.25, 0.3) is 0 Å². The summed E-state index contributed by atoms with van der Waals surface area (Å²) in [6.07, 6.45) is 2.64. The number of hydrogen-bond acceptors (Lipinski definition) is 1. The molecule has 0 aromatic rings. The molecule has 0 aromatic heterocycles. The lowest BCUT2D eigenvalue weighted by Gasteiger charge is -2.23. The van der Waals surface area contributed by atoms with Gasteiger partial charge in [0, 0.05) is 0 Å². The van der Waals surface area contributed by atoms with Gasteiger partial charge in [0.1, 0.15) is 0 Å². The van der Waals surface area contributed by atoms with Crippen LogP contribution in [0, 0.1) is 11.3 Å². The molecule has 0 rings (SSSR count). The summed E-state index contributed by atoms with van der Waals surface area (Å²) in [5, 5.41) is 3.36. The molecule has 1 unspecified atom stereocenters. The summed E-state index contributed by atoms with van der Waals surface area (Å²) in [4.78, 5) is 0. The summed E-state index contributed by atoms with van der Waals surface area (Å²) in [5.41, 5.74) is 0.492. The first-order valence-electron chi connectivity index (χ1n) is 5.16. The van der Waals surface area contributed by atoms with Crippen molar-refractivity contribution in [3.63, 3.8) is 0 Å². The highest BCUT2D eigenvalue weighted by Crippen LogP contribution is 2.25. The van der Waals surface area contributed by atoms with Crippen LogP contribution in [0.1, 0.15) is 47.5 Å². The normalized spacial score (nSPS) is 14.8. The molecule has 0 aliphatic rings. The summed E-state index contributed by atoms with van der Waals surface area (Å²) in [6.45, 7) is 13.7. The molecule has 0 radical (unpaired) electrons. The van der Waals surface area contributed by atoms with Crippen molar-refractivity contribution in [2.24, 2.45) is 11.3 Å². The molecule has 0 fully saturated rings. The first-order chi connectivity index (χ1) is 5.45. The monoisotopic (exact) mass is 171 g/mol. The number of hydrogen-bond donors (Lipinski definition) is 1. The smallest absolute Gasteiger partial charge is 0.00465 e. The van der Waals surface area contributed by atoms with Crippen molar-refractivity contribution in [2.45, 2.75) is 47.5 Å². The zero-order chi connectivity index (χ0) is 9.61. The Balaban J connectivity index is 3.40. The first kappa shape index (κ1) is 12.0. The SMILES string of the molecule is CCNCCC(C)CC(C)(C)C. The molecule has 12 heavy (non-hydrogen) atoms. The second-order valence-corrected chi connectivity index (χ2v) is 5.01. The van der Waals surface area contributed by atoms with Crippen molar-refractivity contribution in [1.82, 2.24) is 5.32 Å². The van der Waals surface area contributed by atoms with Crippen molar-refractivity contribution in [3.8, 4) is 0 Å². The van der Waals surface area contributed by atoms with Crippen LogP contribution in [-0.4, -0.2) is 13.1 Å². The molecule has 1 N–H and O–H groups in total. The van der Waals surface area contributed by atoms with Crippen molar-refractivity contribution in [3.05, 3.63) is 0 Å². The Morgan fingerprint density at radius 3 is 2.25 bits per heavy atom. The van der Waals surface area contributed by atoms with Crippen LogP contribution < -0.4 is 5.32 Å². The Hall–Kier alpha value is -0.0400. The second kappa shape index (κ2) is 5.58. The highest BCUT2D eigenvalue weighted by atomic mass is 14.8. The summed E-state index contributed by atoms with van der Waals surface area (Å²) in [7, 11) is 0. The molecule has 0 bridgehead atoms. The second-order valence-electron chi connectivity index (χ2n) is 5.01. The third-order valence-corrected chi connectivity index (χ3v) is 2.02. The maximum atomic E-state index is 3.36. The zero-order valence-corrected chi connectivity index (χ0v) is 9.41. The summed E-state index contributed by atoms with van der Waals surface area (Å²) in [5.74, 6) is 0.851. The van der Waals surface area contributed by atoms with Crippen LogP contribution >= 0.6 is 0 Å². The zero-order valence-electron chi connectivity index (χ0n) is 9.41. The predicted molar refractivity (Wildman–Crippen MR) is 56.4 cm³/mol. The van der Waals surface area contributed by atoms with Gasteiger partial charge in [-0.1, -0.05) is 34.6 Å². The molecule has 0 heterocycles. The van der Waals surface area contributed by atoms with Gasteiger partial charge in [-0.05, 0) is 37.3 Å². The van der Waals surface area contributed by atoms with Gasteiger partial charge in [0.25, 0.3) is 0 Å². The highest BCUT2D eigenvalue weighted by molar-refractivity contribution is 4.66. The largest absolute Gasteiger partial charge is 0.317 e. The molecule has 1 nitrogen and oxygen atoms in total. The third kappa shape index (κ3) is 8.06. The fourth-order valence-electron chi connectivity index (χ4n) is 1.67. The summed E-state index contributed by atoms with van der Waals surface area (Å²) in [6, 6.07) is 0.